The summed E-state index contributed by atoms with van der Waals surface area (Å²) in [6, 6.07) is 0. The second-order valence-corrected chi connectivity index (χ2v) is 6.96. The van der Waals surface area contributed by atoms with Gasteiger partial charge in [-0.05, 0) is 18.9 Å². The monoisotopic (exact) mass is 324 g/mol. The zero-order valence-corrected chi connectivity index (χ0v) is 14.3. The summed E-state index contributed by atoms with van der Waals surface area (Å²) in [6.07, 6.45) is 3.06. The Labute approximate surface area is 135 Å². The maximum Gasteiger partial charge on any atom is 0.330 e. The Balaban J connectivity index is 1.72. The molecule has 0 N–H and O–H groups in total. The highest BCUT2D eigenvalue weighted by molar-refractivity contribution is 7.09. The average Bonchev–Trinajstić information content (AvgIpc) is 2.88. The molecular formula is C16H24N2O3S. The standard InChI is InChI=1S/C16H24N2O3S/c1-12(2)8-18-6-7-20-15(9-18)10-21-16(19)5-4-14-11-22-13(3)17-14/h4-5,11-12,15H,6-10H2,1-3H3/b5-4+. The van der Waals surface area contributed by atoms with Crippen molar-refractivity contribution in [1.82, 2.24) is 9.88 Å². The Hall–Kier alpha value is -1.24. The minimum Gasteiger partial charge on any atom is -0.460 e. The van der Waals surface area contributed by atoms with E-state index in [4.69, 9.17) is 9.47 Å². The summed E-state index contributed by atoms with van der Waals surface area (Å²) in [7, 11) is 0. The molecule has 1 fully saturated rings. The number of esters is 1. The second kappa shape index (κ2) is 8.41. The molecule has 2 heterocycles. The fraction of sp³-hybridized carbons (Fsp3) is 0.625. The van der Waals surface area contributed by atoms with Crippen molar-refractivity contribution in [2.24, 2.45) is 5.92 Å². The van der Waals surface area contributed by atoms with Crippen LogP contribution in [-0.4, -0.2) is 54.8 Å². The van der Waals surface area contributed by atoms with Gasteiger partial charge in [0.2, 0.25) is 0 Å². The highest BCUT2D eigenvalue weighted by atomic mass is 32.1. The van der Waals surface area contributed by atoms with Gasteiger partial charge in [-0.3, -0.25) is 4.90 Å². The smallest absolute Gasteiger partial charge is 0.330 e. The lowest BCUT2D eigenvalue weighted by molar-refractivity contribution is -0.144. The van der Waals surface area contributed by atoms with Crippen molar-refractivity contribution < 1.29 is 14.3 Å². The molecule has 0 radical (unpaired) electrons. The molecule has 122 valence electrons. The molecule has 1 aliphatic heterocycles. The summed E-state index contributed by atoms with van der Waals surface area (Å²) in [5.41, 5.74) is 0.788. The van der Waals surface area contributed by atoms with Crippen LogP contribution in [0.2, 0.25) is 0 Å². The Morgan fingerprint density at radius 2 is 2.45 bits per heavy atom. The van der Waals surface area contributed by atoms with E-state index in [9.17, 15) is 4.79 Å². The Kier molecular flexibility index (Phi) is 6.54. The molecule has 0 spiro atoms. The van der Waals surface area contributed by atoms with Crippen LogP contribution in [0.5, 0.6) is 0 Å². The first-order chi connectivity index (χ1) is 10.5. The van der Waals surface area contributed by atoms with Crippen LogP contribution in [0.4, 0.5) is 0 Å². The van der Waals surface area contributed by atoms with Crippen LogP contribution in [-0.2, 0) is 14.3 Å². The number of rotatable bonds is 6. The molecular weight excluding hydrogens is 300 g/mol. The third-order valence-corrected chi connectivity index (χ3v) is 4.08. The van der Waals surface area contributed by atoms with Crippen molar-refractivity contribution in [1.29, 1.82) is 0 Å². The first-order valence-electron chi connectivity index (χ1n) is 7.64. The van der Waals surface area contributed by atoms with Crippen LogP contribution >= 0.6 is 11.3 Å². The van der Waals surface area contributed by atoms with Crippen molar-refractivity contribution in [2.45, 2.75) is 26.9 Å². The lowest BCUT2D eigenvalue weighted by atomic mass is 10.2. The summed E-state index contributed by atoms with van der Waals surface area (Å²) < 4.78 is 10.9. The minimum atomic E-state index is -0.352. The van der Waals surface area contributed by atoms with Gasteiger partial charge < -0.3 is 9.47 Å². The number of thiazole rings is 1. The molecule has 0 aliphatic carbocycles. The van der Waals surface area contributed by atoms with Gasteiger partial charge >= 0.3 is 5.97 Å². The number of carbonyl (C=O) groups excluding carboxylic acids is 1. The summed E-state index contributed by atoms with van der Waals surface area (Å²) in [6.45, 7) is 10.2. The molecule has 1 atom stereocenters. The fourth-order valence-corrected chi connectivity index (χ4v) is 2.98. The van der Waals surface area contributed by atoms with Gasteiger partial charge in [0.15, 0.2) is 0 Å². The first-order valence-corrected chi connectivity index (χ1v) is 8.52. The van der Waals surface area contributed by atoms with Gasteiger partial charge in [-0.1, -0.05) is 13.8 Å². The average molecular weight is 324 g/mol. The van der Waals surface area contributed by atoms with Crippen molar-refractivity contribution in [3.05, 3.63) is 22.2 Å². The number of nitrogens with zero attached hydrogens (tertiary/aromatic N) is 2. The van der Waals surface area contributed by atoms with Crippen LogP contribution in [0.25, 0.3) is 6.08 Å². The number of hydrogen-bond donors (Lipinski definition) is 0. The molecule has 0 saturated carbocycles. The fourth-order valence-electron chi connectivity index (χ4n) is 2.40. The van der Waals surface area contributed by atoms with Gasteiger partial charge in [-0.2, -0.15) is 0 Å². The van der Waals surface area contributed by atoms with Gasteiger partial charge in [-0.25, -0.2) is 9.78 Å². The van der Waals surface area contributed by atoms with Crippen LogP contribution < -0.4 is 0 Å². The van der Waals surface area contributed by atoms with E-state index in [1.165, 1.54) is 6.08 Å². The molecule has 1 saturated heterocycles. The van der Waals surface area contributed by atoms with Crippen molar-refractivity contribution >= 4 is 23.4 Å². The number of aromatic nitrogens is 1. The van der Waals surface area contributed by atoms with Gasteiger partial charge in [0.1, 0.15) is 12.7 Å². The van der Waals surface area contributed by atoms with Gasteiger partial charge in [0.05, 0.1) is 17.3 Å². The van der Waals surface area contributed by atoms with Crippen molar-refractivity contribution in [3.63, 3.8) is 0 Å². The van der Waals surface area contributed by atoms with Crippen molar-refractivity contribution in [3.8, 4) is 0 Å². The highest BCUT2D eigenvalue weighted by Gasteiger charge is 2.21. The number of hydrogen-bond acceptors (Lipinski definition) is 6. The van der Waals surface area contributed by atoms with E-state index >= 15 is 0 Å². The Morgan fingerprint density at radius 1 is 1.64 bits per heavy atom. The molecule has 5 nitrogen and oxygen atoms in total. The highest BCUT2D eigenvalue weighted by Crippen LogP contribution is 2.10. The normalized spacial score (nSPS) is 19.9. The number of morpholine rings is 1. The molecule has 1 aliphatic rings. The zero-order chi connectivity index (χ0) is 15.9. The third kappa shape index (κ3) is 5.87. The second-order valence-electron chi connectivity index (χ2n) is 5.90. The predicted octanol–water partition coefficient (Wildman–Crippen LogP) is 2.36. The maximum atomic E-state index is 11.7. The van der Waals surface area contributed by atoms with E-state index in [1.54, 1.807) is 17.4 Å². The summed E-state index contributed by atoms with van der Waals surface area (Å²) in [5, 5.41) is 2.89. The van der Waals surface area contributed by atoms with E-state index in [-0.39, 0.29) is 12.1 Å². The summed E-state index contributed by atoms with van der Waals surface area (Å²) in [5.74, 6) is 0.279. The molecule has 1 unspecified atom stereocenters. The van der Waals surface area contributed by atoms with Gasteiger partial charge in [0, 0.05) is 31.1 Å². The minimum absolute atomic E-state index is 0.0358. The Bertz CT molecular complexity index is 513. The molecule has 0 amide bonds. The SMILES string of the molecule is Cc1nc(/C=C/C(=O)OCC2CN(CC(C)C)CCO2)cs1. The molecule has 22 heavy (non-hydrogen) atoms. The van der Waals surface area contributed by atoms with E-state index in [0.29, 0.717) is 19.1 Å². The quantitative estimate of drug-likeness (QED) is 0.594. The van der Waals surface area contributed by atoms with Crippen LogP contribution in [0.3, 0.4) is 0 Å². The molecule has 0 aromatic carbocycles. The lowest BCUT2D eigenvalue weighted by Gasteiger charge is -2.33. The van der Waals surface area contributed by atoms with E-state index in [1.807, 2.05) is 12.3 Å². The number of carbonyl (C=O) groups is 1. The summed E-state index contributed by atoms with van der Waals surface area (Å²) in [4.78, 5) is 18.3. The van der Waals surface area contributed by atoms with Crippen LogP contribution in [0.1, 0.15) is 24.5 Å². The number of ether oxygens (including phenoxy) is 2. The van der Waals surface area contributed by atoms with Gasteiger partial charge in [-0.15, -0.1) is 11.3 Å². The van der Waals surface area contributed by atoms with E-state index in [2.05, 4.69) is 23.7 Å². The first kappa shape index (κ1) is 17.1. The molecule has 1 aromatic rings. The van der Waals surface area contributed by atoms with Gasteiger partial charge in [0.25, 0.3) is 0 Å². The molecule has 0 bridgehead atoms. The van der Waals surface area contributed by atoms with Crippen LogP contribution in [0, 0.1) is 12.8 Å². The summed E-state index contributed by atoms with van der Waals surface area (Å²) >= 11 is 1.56. The van der Waals surface area contributed by atoms with Crippen LogP contribution in [0.15, 0.2) is 11.5 Å². The topological polar surface area (TPSA) is 51.7 Å². The Morgan fingerprint density at radius 3 is 3.14 bits per heavy atom. The van der Waals surface area contributed by atoms with E-state index in [0.717, 1.165) is 30.3 Å². The zero-order valence-electron chi connectivity index (χ0n) is 13.4. The maximum absolute atomic E-state index is 11.7. The number of aryl methyl sites for hydroxylation is 1. The molecule has 2 rings (SSSR count). The molecule has 1 aromatic heterocycles. The predicted molar refractivity (Wildman–Crippen MR) is 87.9 cm³/mol. The lowest BCUT2D eigenvalue weighted by Crippen LogP contribution is -2.45. The third-order valence-electron chi connectivity index (χ3n) is 3.28. The van der Waals surface area contributed by atoms with E-state index < -0.39 is 0 Å². The largest absolute Gasteiger partial charge is 0.460 e. The molecule has 6 heteroatoms. The van der Waals surface area contributed by atoms with Crippen molar-refractivity contribution in [2.75, 3.05) is 32.8 Å².